The van der Waals surface area contributed by atoms with E-state index in [2.05, 4.69) is 33.4 Å². The van der Waals surface area contributed by atoms with E-state index < -0.39 is 0 Å². The summed E-state index contributed by atoms with van der Waals surface area (Å²) in [5.41, 5.74) is 0. The number of morpholine rings is 1. The first-order valence-electron chi connectivity index (χ1n) is 5.44. The molecule has 1 aromatic heterocycles. The molecule has 1 N–H and O–H groups in total. The molecule has 0 bridgehead atoms. The van der Waals surface area contributed by atoms with Crippen molar-refractivity contribution in [3.8, 4) is 0 Å². The number of halogens is 1. The molecular weight excluding hydrogens is 274 g/mol. The van der Waals surface area contributed by atoms with Crippen LogP contribution in [-0.4, -0.2) is 19.2 Å². The number of thiophene rings is 1. The summed E-state index contributed by atoms with van der Waals surface area (Å²) >= 11 is 5.28. The molecule has 0 spiro atoms. The molecule has 4 heteroatoms. The lowest BCUT2D eigenvalue weighted by Crippen LogP contribution is -2.41. The number of ether oxygens (including phenoxy) is 1. The van der Waals surface area contributed by atoms with E-state index >= 15 is 0 Å². The summed E-state index contributed by atoms with van der Waals surface area (Å²) in [4.78, 5) is 1.33. The van der Waals surface area contributed by atoms with Crippen LogP contribution < -0.4 is 5.32 Å². The molecule has 0 amide bonds. The van der Waals surface area contributed by atoms with Gasteiger partial charge in [0.25, 0.3) is 0 Å². The lowest BCUT2D eigenvalue weighted by Gasteiger charge is -2.30. The Morgan fingerprint density at radius 3 is 2.87 bits per heavy atom. The van der Waals surface area contributed by atoms with Crippen LogP contribution in [0.2, 0.25) is 0 Å². The highest BCUT2D eigenvalue weighted by Gasteiger charge is 2.36. The molecule has 1 saturated heterocycles. The minimum atomic E-state index is 0.264. The van der Waals surface area contributed by atoms with Gasteiger partial charge in [-0.15, -0.1) is 11.3 Å². The second-order valence-corrected chi connectivity index (χ2v) is 6.80. The molecule has 1 aromatic rings. The predicted octanol–water partition coefficient (Wildman–Crippen LogP) is 2.95. The quantitative estimate of drug-likeness (QED) is 0.903. The fourth-order valence-electron chi connectivity index (χ4n) is 2.08. The zero-order valence-corrected chi connectivity index (χ0v) is 10.8. The molecule has 2 heterocycles. The number of rotatable bonds is 2. The standard InChI is InChI=1S/C11H14BrNOS/c12-11-4-3-10(15-11)9-6-13-5-8(14-9)7-1-2-7/h3-4,7-9,13H,1-2,5-6H2. The van der Waals surface area contributed by atoms with Gasteiger partial charge in [0.15, 0.2) is 0 Å². The summed E-state index contributed by atoms with van der Waals surface area (Å²) in [6.07, 6.45) is 3.42. The number of hydrogen-bond acceptors (Lipinski definition) is 3. The zero-order valence-electron chi connectivity index (χ0n) is 8.41. The van der Waals surface area contributed by atoms with E-state index in [0.717, 1.165) is 19.0 Å². The lowest BCUT2D eigenvalue weighted by molar-refractivity contribution is -0.0476. The van der Waals surface area contributed by atoms with Gasteiger partial charge in [0.1, 0.15) is 6.10 Å². The van der Waals surface area contributed by atoms with Crippen molar-refractivity contribution >= 4 is 27.3 Å². The third-order valence-corrected chi connectivity index (χ3v) is 4.79. The summed E-state index contributed by atoms with van der Waals surface area (Å²) in [5, 5.41) is 3.48. The monoisotopic (exact) mass is 287 g/mol. The number of nitrogens with one attached hydrogen (secondary N) is 1. The van der Waals surface area contributed by atoms with E-state index in [-0.39, 0.29) is 6.10 Å². The summed E-state index contributed by atoms with van der Waals surface area (Å²) in [6.45, 7) is 1.99. The maximum absolute atomic E-state index is 6.14. The Morgan fingerprint density at radius 2 is 2.20 bits per heavy atom. The zero-order chi connectivity index (χ0) is 10.3. The van der Waals surface area contributed by atoms with E-state index in [1.165, 1.54) is 21.5 Å². The Bertz CT molecular complexity index is 350. The second kappa shape index (κ2) is 4.17. The molecule has 3 rings (SSSR count). The Labute approximate surface area is 102 Å². The molecule has 2 fully saturated rings. The maximum Gasteiger partial charge on any atom is 0.105 e. The number of hydrogen-bond donors (Lipinski definition) is 1. The van der Waals surface area contributed by atoms with Crippen molar-refractivity contribution in [2.75, 3.05) is 13.1 Å². The maximum atomic E-state index is 6.14. The summed E-state index contributed by atoms with van der Waals surface area (Å²) in [7, 11) is 0. The van der Waals surface area contributed by atoms with E-state index in [9.17, 15) is 0 Å². The minimum absolute atomic E-state index is 0.264. The Kier molecular flexibility index (Phi) is 2.85. The Balaban J connectivity index is 1.70. The van der Waals surface area contributed by atoms with Gasteiger partial charge in [0.05, 0.1) is 9.89 Å². The van der Waals surface area contributed by atoms with Crippen molar-refractivity contribution in [2.45, 2.75) is 25.0 Å². The first-order chi connectivity index (χ1) is 7.33. The van der Waals surface area contributed by atoms with Crippen molar-refractivity contribution in [1.82, 2.24) is 5.32 Å². The molecule has 2 unspecified atom stereocenters. The molecule has 1 aliphatic carbocycles. The van der Waals surface area contributed by atoms with E-state index in [4.69, 9.17) is 4.74 Å². The van der Waals surface area contributed by atoms with Gasteiger partial charge in [-0.1, -0.05) is 0 Å². The molecule has 15 heavy (non-hydrogen) atoms. The molecule has 2 atom stereocenters. The summed E-state index contributed by atoms with van der Waals surface area (Å²) < 4.78 is 7.33. The minimum Gasteiger partial charge on any atom is -0.367 e. The smallest absolute Gasteiger partial charge is 0.105 e. The van der Waals surface area contributed by atoms with Crippen LogP contribution in [0.1, 0.15) is 23.8 Å². The van der Waals surface area contributed by atoms with Crippen molar-refractivity contribution in [3.05, 3.63) is 20.8 Å². The first-order valence-corrected chi connectivity index (χ1v) is 7.05. The van der Waals surface area contributed by atoms with Gasteiger partial charge in [-0.05, 0) is 46.8 Å². The highest BCUT2D eigenvalue weighted by Crippen LogP contribution is 2.39. The van der Waals surface area contributed by atoms with Crippen molar-refractivity contribution < 1.29 is 4.74 Å². The van der Waals surface area contributed by atoms with Crippen LogP contribution in [0.25, 0.3) is 0 Å². The van der Waals surface area contributed by atoms with Gasteiger partial charge < -0.3 is 10.1 Å². The van der Waals surface area contributed by atoms with Crippen LogP contribution in [0.15, 0.2) is 15.9 Å². The van der Waals surface area contributed by atoms with Crippen LogP contribution in [0.3, 0.4) is 0 Å². The molecule has 2 aliphatic rings. The molecule has 1 saturated carbocycles. The fourth-order valence-corrected chi connectivity index (χ4v) is 3.54. The summed E-state index contributed by atoms with van der Waals surface area (Å²) in [6, 6.07) is 4.26. The van der Waals surface area contributed by atoms with Gasteiger partial charge in [-0.25, -0.2) is 0 Å². The molecule has 2 nitrogen and oxygen atoms in total. The molecule has 1 aliphatic heterocycles. The highest BCUT2D eigenvalue weighted by molar-refractivity contribution is 9.11. The van der Waals surface area contributed by atoms with Gasteiger partial charge in [-0.2, -0.15) is 0 Å². The van der Waals surface area contributed by atoms with Crippen LogP contribution in [0.4, 0.5) is 0 Å². The summed E-state index contributed by atoms with van der Waals surface area (Å²) in [5.74, 6) is 0.823. The van der Waals surface area contributed by atoms with Crippen LogP contribution in [0, 0.1) is 5.92 Å². The van der Waals surface area contributed by atoms with Gasteiger partial charge in [-0.3, -0.25) is 0 Å². The second-order valence-electron chi connectivity index (χ2n) is 4.30. The predicted molar refractivity (Wildman–Crippen MR) is 65.2 cm³/mol. The average Bonchev–Trinajstić information content (AvgIpc) is 3.02. The van der Waals surface area contributed by atoms with E-state index in [1.54, 1.807) is 11.3 Å². The van der Waals surface area contributed by atoms with Crippen LogP contribution in [0.5, 0.6) is 0 Å². The topological polar surface area (TPSA) is 21.3 Å². The SMILES string of the molecule is Brc1ccc(C2CNCC(C3CC3)O2)s1. The van der Waals surface area contributed by atoms with Gasteiger partial charge in [0, 0.05) is 18.0 Å². The third-order valence-electron chi connectivity index (χ3n) is 3.07. The first kappa shape index (κ1) is 10.3. The molecule has 82 valence electrons. The molecule has 0 radical (unpaired) electrons. The van der Waals surface area contributed by atoms with Crippen LogP contribution >= 0.6 is 27.3 Å². The fraction of sp³-hybridized carbons (Fsp3) is 0.636. The Morgan fingerprint density at radius 1 is 1.33 bits per heavy atom. The lowest BCUT2D eigenvalue weighted by atomic mass is 10.1. The highest BCUT2D eigenvalue weighted by atomic mass is 79.9. The van der Waals surface area contributed by atoms with Crippen molar-refractivity contribution in [1.29, 1.82) is 0 Å². The van der Waals surface area contributed by atoms with Crippen molar-refractivity contribution in [2.24, 2.45) is 5.92 Å². The van der Waals surface area contributed by atoms with Gasteiger partial charge in [0.2, 0.25) is 0 Å². The van der Waals surface area contributed by atoms with E-state index in [1.807, 2.05) is 0 Å². The van der Waals surface area contributed by atoms with Gasteiger partial charge >= 0.3 is 0 Å². The van der Waals surface area contributed by atoms with E-state index in [0.29, 0.717) is 6.10 Å². The normalized spacial score (nSPS) is 31.8. The van der Waals surface area contributed by atoms with Crippen LogP contribution in [-0.2, 0) is 4.74 Å². The third kappa shape index (κ3) is 2.28. The molecular formula is C11H14BrNOS. The average molecular weight is 288 g/mol. The van der Waals surface area contributed by atoms with Crippen molar-refractivity contribution in [3.63, 3.8) is 0 Å². The Hall–Kier alpha value is 0.1000. The largest absolute Gasteiger partial charge is 0.367 e. The molecule has 0 aromatic carbocycles.